The van der Waals surface area contributed by atoms with E-state index in [0.717, 1.165) is 12.2 Å². The second-order valence-corrected chi connectivity index (χ2v) is 4.79. The van der Waals surface area contributed by atoms with E-state index in [1.165, 1.54) is 0 Å². The van der Waals surface area contributed by atoms with E-state index in [1.807, 2.05) is 20.1 Å². The summed E-state index contributed by atoms with van der Waals surface area (Å²) in [6.45, 7) is 4.24. The van der Waals surface area contributed by atoms with Gasteiger partial charge in [0.2, 0.25) is 5.91 Å². The van der Waals surface area contributed by atoms with Crippen molar-refractivity contribution in [2.24, 2.45) is 0 Å². The summed E-state index contributed by atoms with van der Waals surface area (Å²) in [5.74, 6) is 1.06. The number of hydrogen-bond donors (Lipinski definition) is 2. The molecule has 15 heavy (non-hydrogen) atoms. The summed E-state index contributed by atoms with van der Waals surface area (Å²) < 4.78 is 0. The predicted molar refractivity (Wildman–Crippen MR) is 66.2 cm³/mol. The molecule has 1 amide bonds. The molecule has 3 nitrogen and oxygen atoms in total. The molecule has 0 rings (SSSR count). The van der Waals surface area contributed by atoms with Gasteiger partial charge in [0.1, 0.15) is 0 Å². The van der Waals surface area contributed by atoms with Gasteiger partial charge in [-0.1, -0.05) is 13.8 Å². The summed E-state index contributed by atoms with van der Waals surface area (Å²) in [6.07, 6.45) is 4.85. The molecule has 0 aliphatic heterocycles. The van der Waals surface area contributed by atoms with Gasteiger partial charge in [-0.05, 0) is 31.3 Å². The molecule has 0 spiro atoms. The van der Waals surface area contributed by atoms with Crippen LogP contribution in [0, 0.1) is 0 Å². The fourth-order valence-electron chi connectivity index (χ4n) is 1.23. The lowest BCUT2D eigenvalue weighted by atomic mass is 9.97. The largest absolute Gasteiger partial charge is 0.388 e. The third-order valence-corrected chi connectivity index (χ3v) is 3.38. The molecule has 0 fully saturated rings. The summed E-state index contributed by atoms with van der Waals surface area (Å²) >= 11 is 1.75. The Morgan fingerprint density at radius 2 is 2.00 bits per heavy atom. The maximum atomic E-state index is 11.4. The quantitative estimate of drug-likeness (QED) is 0.629. The molecule has 0 aromatic carbocycles. The van der Waals surface area contributed by atoms with Crippen LogP contribution in [0.4, 0.5) is 0 Å². The van der Waals surface area contributed by atoms with Gasteiger partial charge >= 0.3 is 0 Å². The van der Waals surface area contributed by atoms with E-state index in [0.29, 0.717) is 25.8 Å². The van der Waals surface area contributed by atoms with Crippen molar-refractivity contribution >= 4 is 17.7 Å². The van der Waals surface area contributed by atoms with Crippen LogP contribution < -0.4 is 5.32 Å². The fourth-order valence-corrected chi connectivity index (χ4v) is 1.66. The first-order valence-electron chi connectivity index (χ1n) is 5.56. The third-order valence-electron chi connectivity index (χ3n) is 2.68. The Kier molecular flexibility index (Phi) is 7.88. The van der Waals surface area contributed by atoms with E-state index in [9.17, 15) is 9.90 Å². The van der Waals surface area contributed by atoms with Crippen molar-refractivity contribution in [2.75, 3.05) is 18.6 Å². The van der Waals surface area contributed by atoms with Crippen molar-refractivity contribution in [1.82, 2.24) is 5.32 Å². The second kappa shape index (κ2) is 7.99. The smallest absolute Gasteiger partial charge is 0.220 e. The van der Waals surface area contributed by atoms with E-state index in [4.69, 9.17) is 0 Å². The maximum absolute atomic E-state index is 11.4. The lowest BCUT2D eigenvalue weighted by Crippen LogP contribution is -2.41. The molecule has 0 atom stereocenters. The standard InChI is InChI=1S/C11H23NO2S/c1-4-11(14,5-2)9-12-10(13)7-6-8-15-3/h14H,4-9H2,1-3H3,(H,12,13). The predicted octanol–water partition coefficient (Wildman–Crippen LogP) is 1.80. The molecule has 0 radical (unpaired) electrons. The van der Waals surface area contributed by atoms with Crippen LogP contribution in [0.25, 0.3) is 0 Å². The van der Waals surface area contributed by atoms with Crippen molar-refractivity contribution in [2.45, 2.75) is 45.1 Å². The zero-order chi connectivity index (χ0) is 11.7. The molecule has 0 heterocycles. The molecule has 0 saturated heterocycles. The summed E-state index contributed by atoms with van der Waals surface area (Å²) in [5.41, 5.74) is -0.727. The van der Waals surface area contributed by atoms with Crippen LogP contribution in [-0.4, -0.2) is 35.2 Å². The fraction of sp³-hybridized carbons (Fsp3) is 0.909. The van der Waals surface area contributed by atoms with Crippen LogP contribution in [-0.2, 0) is 4.79 Å². The van der Waals surface area contributed by atoms with Gasteiger partial charge in [0.25, 0.3) is 0 Å². The van der Waals surface area contributed by atoms with Crippen LogP contribution in [0.15, 0.2) is 0 Å². The maximum Gasteiger partial charge on any atom is 0.220 e. The third kappa shape index (κ3) is 6.79. The number of amides is 1. The molecule has 4 heteroatoms. The number of hydrogen-bond acceptors (Lipinski definition) is 3. The molecule has 0 aliphatic carbocycles. The minimum atomic E-state index is -0.727. The summed E-state index contributed by atoms with van der Waals surface area (Å²) in [7, 11) is 0. The Morgan fingerprint density at radius 1 is 1.40 bits per heavy atom. The highest BCUT2D eigenvalue weighted by Gasteiger charge is 2.22. The average molecular weight is 233 g/mol. The number of carbonyl (C=O) groups is 1. The lowest BCUT2D eigenvalue weighted by Gasteiger charge is -2.25. The summed E-state index contributed by atoms with van der Waals surface area (Å²) in [6, 6.07) is 0. The Balaban J connectivity index is 3.69. The van der Waals surface area contributed by atoms with E-state index in [2.05, 4.69) is 5.32 Å². The molecule has 0 aliphatic rings. The molecule has 0 unspecified atom stereocenters. The van der Waals surface area contributed by atoms with Crippen molar-refractivity contribution in [1.29, 1.82) is 0 Å². The lowest BCUT2D eigenvalue weighted by molar-refractivity contribution is -0.122. The zero-order valence-electron chi connectivity index (χ0n) is 10.0. The normalized spacial score (nSPS) is 11.5. The van der Waals surface area contributed by atoms with E-state index < -0.39 is 5.60 Å². The molecule has 2 N–H and O–H groups in total. The van der Waals surface area contributed by atoms with Crippen LogP contribution in [0.3, 0.4) is 0 Å². The second-order valence-electron chi connectivity index (χ2n) is 3.80. The van der Waals surface area contributed by atoms with Crippen molar-refractivity contribution < 1.29 is 9.90 Å². The topological polar surface area (TPSA) is 49.3 Å². The average Bonchev–Trinajstić information content (AvgIpc) is 2.26. The monoisotopic (exact) mass is 233 g/mol. The summed E-state index contributed by atoms with van der Waals surface area (Å²) in [5, 5.41) is 12.7. The van der Waals surface area contributed by atoms with E-state index in [-0.39, 0.29) is 5.91 Å². The van der Waals surface area contributed by atoms with Crippen LogP contribution in [0.5, 0.6) is 0 Å². The minimum Gasteiger partial charge on any atom is -0.388 e. The van der Waals surface area contributed by atoms with Gasteiger partial charge in [0.15, 0.2) is 0 Å². The molecule has 0 bridgehead atoms. The highest BCUT2D eigenvalue weighted by molar-refractivity contribution is 7.98. The van der Waals surface area contributed by atoms with Crippen molar-refractivity contribution in [3.05, 3.63) is 0 Å². The van der Waals surface area contributed by atoms with Gasteiger partial charge in [0, 0.05) is 13.0 Å². The first kappa shape index (κ1) is 14.8. The minimum absolute atomic E-state index is 0.0457. The van der Waals surface area contributed by atoms with Crippen molar-refractivity contribution in [3.63, 3.8) is 0 Å². The molecule has 0 aromatic rings. The molecule has 0 saturated carbocycles. The van der Waals surface area contributed by atoms with Gasteiger partial charge < -0.3 is 10.4 Å². The highest BCUT2D eigenvalue weighted by atomic mass is 32.2. The SMILES string of the molecule is CCC(O)(CC)CNC(=O)CCCSC. The van der Waals surface area contributed by atoms with E-state index >= 15 is 0 Å². The Morgan fingerprint density at radius 3 is 2.47 bits per heavy atom. The van der Waals surface area contributed by atoms with Crippen LogP contribution in [0.2, 0.25) is 0 Å². The Labute approximate surface area is 97.0 Å². The molecule has 90 valence electrons. The molecular formula is C11H23NO2S. The van der Waals surface area contributed by atoms with Gasteiger partial charge in [-0.15, -0.1) is 0 Å². The number of thioether (sulfide) groups is 1. The first-order valence-corrected chi connectivity index (χ1v) is 6.95. The molecule has 0 aromatic heterocycles. The Bertz CT molecular complexity index is 181. The highest BCUT2D eigenvalue weighted by Crippen LogP contribution is 2.12. The van der Waals surface area contributed by atoms with Crippen LogP contribution in [0.1, 0.15) is 39.5 Å². The van der Waals surface area contributed by atoms with Crippen LogP contribution >= 0.6 is 11.8 Å². The van der Waals surface area contributed by atoms with Gasteiger partial charge in [-0.3, -0.25) is 4.79 Å². The number of rotatable bonds is 8. The number of aliphatic hydroxyl groups is 1. The Hall–Kier alpha value is -0.220. The first-order chi connectivity index (χ1) is 7.08. The summed E-state index contributed by atoms with van der Waals surface area (Å²) in [4.78, 5) is 11.4. The van der Waals surface area contributed by atoms with Crippen molar-refractivity contribution in [3.8, 4) is 0 Å². The van der Waals surface area contributed by atoms with Gasteiger partial charge in [-0.25, -0.2) is 0 Å². The van der Waals surface area contributed by atoms with Gasteiger partial charge in [-0.2, -0.15) is 11.8 Å². The molecular weight excluding hydrogens is 210 g/mol. The van der Waals surface area contributed by atoms with E-state index in [1.54, 1.807) is 11.8 Å². The van der Waals surface area contributed by atoms with Gasteiger partial charge in [0.05, 0.1) is 5.60 Å². The number of nitrogens with one attached hydrogen (secondary N) is 1. The number of carbonyl (C=O) groups excluding carboxylic acids is 1. The zero-order valence-corrected chi connectivity index (χ0v) is 10.8.